The maximum atomic E-state index is 12.2. The van der Waals surface area contributed by atoms with E-state index in [9.17, 15) is 25.0 Å². The molecular formula is C15H13N3O5. The molecule has 2 aromatic carbocycles. The van der Waals surface area contributed by atoms with Gasteiger partial charge in [0.05, 0.1) is 21.8 Å². The third-order valence-electron chi connectivity index (χ3n) is 3.34. The number of carbonyl (C=O) groups excluding carboxylic acids is 1. The minimum atomic E-state index is -0.768. The van der Waals surface area contributed by atoms with Gasteiger partial charge in [-0.15, -0.1) is 0 Å². The van der Waals surface area contributed by atoms with Crippen molar-refractivity contribution < 1.29 is 14.6 Å². The average Bonchev–Trinajstić information content (AvgIpc) is 2.54. The summed E-state index contributed by atoms with van der Waals surface area (Å²) in [6.45, 7) is 1.67. The van der Waals surface area contributed by atoms with E-state index in [-0.39, 0.29) is 5.69 Å². The van der Waals surface area contributed by atoms with Crippen molar-refractivity contribution in [3.63, 3.8) is 0 Å². The fraction of sp³-hybridized carbons (Fsp3) is 0.133. The normalized spacial score (nSPS) is 11.5. The van der Waals surface area contributed by atoms with Crippen molar-refractivity contribution in [2.75, 3.05) is 5.32 Å². The summed E-state index contributed by atoms with van der Waals surface area (Å²) in [6, 6.07) is 12.0. The lowest BCUT2D eigenvalue weighted by molar-refractivity contribution is -0.393. The number of nitrogens with zero attached hydrogens (tertiary/aromatic N) is 2. The highest BCUT2D eigenvalue weighted by Crippen LogP contribution is 2.30. The molecule has 2 aromatic rings. The summed E-state index contributed by atoms with van der Waals surface area (Å²) in [5, 5.41) is 24.2. The molecule has 0 saturated carbocycles. The first-order valence-electron chi connectivity index (χ1n) is 6.69. The molecule has 0 aliphatic heterocycles. The highest BCUT2D eigenvalue weighted by Gasteiger charge is 2.23. The Morgan fingerprint density at radius 1 is 1.04 bits per heavy atom. The molecule has 2 rings (SSSR count). The van der Waals surface area contributed by atoms with Crippen molar-refractivity contribution in [3.8, 4) is 0 Å². The third kappa shape index (κ3) is 3.67. The van der Waals surface area contributed by atoms with Crippen LogP contribution in [0.1, 0.15) is 18.4 Å². The molecule has 1 N–H and O–H groups in total. The fourth-order valence-corrected chi connectivity index (χ4v) is 2.02. The van der Waals surface area contributed by atoms with Gasteiger partial charge in [-0.1, -0.05) is 30.3 Å². The van der Waals surface area contributed by atoms with E-state index in [0.29, 0.717) is 0 Å². The molecule has 0 saturated heterocycles. The Bertz CT molecular complexity index is 761. The van der Waals surface area contributed by atoms with Crippen LogP contribution in [-0.2, 0) is 4.79 Å². The Hall–Kier alpha value is -3.29. The van der Waals surface area contributed by atoms with E-state index >= 15 is 0 Å². The topological polar surface area (TPSA) is 115 Å². The van der Waals surface area contributed by atoms with Gasteiger partial charge in [-0.2, -0.15) is 0 Å². The van der Waals surface area contributed by atoms with Gasteiger partial charge in [0.1, 0.15) is 5.69 Å². The van der Waals surface area contributed by atoms with E-state index in [4.69, 9.17) is 0 Å². The summed E-state index contributed by atoms with van der Waals surface area (Å²) in [4.78, 5) is 32.5. The van der Waals surface area contributed by atoms with Crippen LogP contribution in [-0.4, -0.2) is 15.8 Å². The number of rotatable bonds is 5. The van der Waals surface area contributed by atoms with Crippen LogP contribution in [0.15, 0.2) is 48.5 Å². The van der Waals surface area contributed by atoms with Gasteiger partial charge in [0.2, 0.25) is 5.91 Å². The van der Waals surface area contributed by atoms with Crippen LogP contribution in [0.25, 0.3) is 0 Å². The summed E-state index contributed by atoms with van der Waals surface area (Å²) in [5.74, 6) is -0.959. The second kappa shape index (κ2) is 6.65. The number of nitrogens with one attached hydrogen (secondary N) is 1. The van der Waals surface area contributed by atoms with Crippen molar-refractivity contribution in [2.45, 2.75) is 12.8 Å². The first-order chi connectivity index (χ1) is 10.9. The zero-order valence-electron chi connectivity index (χ0n) is 12.1. The lowest BCUT2D eigenvalue weighted by Gasteiger charge is -2.12. The highest BCUT2D eigenvalue weighted by atomic mass is 16.6. The van der Waals surface area contributed by atoms with Crippen LogP contribution in [0.3, 0.4) is 0 Å². The van der Waals surface area contributed by atoms with Crippen molar-refractivity contribution >= 4 is 23.0 Å². The Morgan fingerprint density at radius 2 is 1.70 bits per heavy atom. The molecule has 0 heterocycles. The Labute approximate surface area is 131 Å². The van der Waals surface area contributed by atoms with Crippen molar-refractivity contribution in [1.82, 2.24) is 0 Å². The molecule has 0 fully saturated rings. The third-order valence-corrected chi connectivity index (χ3v) is 3.34. The number of benzene rings is 2. The maximum Gasteiger partial charge on any atom is 0.299 e. The molecule has 0 spiro atoms. The number of nitro benzene ring substituents is 2. The van der Waals surface area contributed by atoms with E-state index in [0.717, 1.165) is 23.8 Å². The van der Waals surface area contributed by atoms with Crippen LogP contribution < -0.4 is 5.32 Å². The van der Waals surface area contributed by atoms with Crippen molar-refractivity contribution in [2.24, 2.45) is 0 Å². The van der Waals surface area contributed by atoms with Crippen LogP contribution in [0.4, 0.5) is 17.1 Å². The van der Waals surface area contributed by atoms with Crippen molar-refractivity contribution in [3.05, 3.63) is 74.3 Å². The number of nitro groups is 2. The summed E-state index contributed by atoms with van der Waals surface area (Å²) >= 11 is 0. The van der Waals surface area contributed by atoms with Crippen LogP contribution in [0, 0.1) is 20.2 Å². The monoisotopic (exact) mass is 315 g/mol. The minimum Gasteiger partial charge on any atom is -0.320 e. The van der Waals surface area contributed by atoms with Crippen molar-refractivity contribution in [1.29, 1.82) is 0 Å². The number of anilines is 1. The number of carbonyl (C=O) groups is 1. The Morgan fingerprint density at radius 3 is 2.26 bits per heavy atom. The smallest absolute Gasteiger partial charge is 0.299 e. The molecule has 0 aliphatic rings. The van der Waals surface area contributed by atoms with Crippen LogP contribution in [0.2, 0.25) is 0 Å². The highest BCUT2D eigenvalue weighted by molar-refractivity contribution is 5.97. The summed E-state index contributed by atoms with van der Waals surface area (Å²) in [7, 11) is 0. The first-order valence-corrected chi connectivity index (χ1v) is 6.69. The summed E-state index contributed by atoms with van der Waals surface area (Å²) < 4.78 is 0. The van der Waals surface area contributed by atoms with E-state index in [1.54, 1.807) is 31.2 Å². The van der Waals surface area contributed by atoms with Gasteiger partial charge in [-0.05, 0) is 18.6 Å². The predicted molar refractivity (Wildman–Crippen MR) is 83.2 cm³/mol. The van der Waals surface area contributed by atoms with E-state index in [1.807, 2.05) is 6.07 Å². The lowest BCUT2D eigenvalue weighted by atomic mass is 10.0. The average molecular weight is 315 g/mol. The molecule has 8 nitrogen and oxygen atoms in total. The van der Waals surface area contributed by atoms with Gasteiger partial charge in [-0.3, -0.25) is 25.0 Å². The molecule has 8 heteroatoms. The standard InChI is InChI=1S/C15H13N3O5/c1-10(11-5-3-2-4-6-11)15(19)16-13-8-7-12(17(20)21)9-14(13)18(22)23/h2-10H,1H3,(H,16,19)/t10-/m1/s1. The van der Waals surface area contributed by atoms with Crippen LogP contribution in [0.5, 0.6) is 0 Å². The second-order valence-electron chi connectivity index (χ2n) is 4.84. The summed E-state index contributed by atoms with van der Waals surface area (Å²) in [5.41, 5.74) is -0.249. The molecule has 0 aromatic heterocycles. The molecule has 0 bridgehead atoms. The van der Waals surface area contributed by atoms with Gasteiger partial charge in [0, 0.05) is 6.07 Å². The minimum absolute atomic E-state index is 0.0756. The summed E-state index contributed by atoms with van der Waals surface area (Å²) in [6.07, 6.45) is 0. The Kier molecular flexibility index (Phi) is 4.65. The molecule has 1 atom stereocenters. The maximum absolute atomic E-state index is 12.2. The molecule has 0 unspecified atom stereocenters. The largest absolute Gasteiger partial charge is 0.320 e. The SMILES string of the molecule is C[C@@H](C(=O)Nc1ccc([N+](=O)[O-])cc1[N+](=O)[O-])c1ccccc1. The van der Waals surface area contributed by atoms with E-state index < -0.39 is 33.0 Å². The quantitative estimate of drug-likeness (QED) is 0.671. The van der Waals surface area contributed by atoms with Gasteiger partial charge in [-0.25, -0.2) is 0 Å². The predicted octanol–water partition coefficient (Wildman–Crippen LogP) is 3.25. The Balaban J connectivity index is 2.27. The lowest BCUT2D eigenvalue weighted by Crippen LogP contribution is -2.19. The zero-order valence-corrected chi connectivity index (χ0v) is 12.1. The molecule has 0 radical (unpaired) electrons. The zero-order chi connectivity index (χ0) is 17.0. The van der Waals surface area contributed by atoms with Gasteiger partial charge in [0.15, 0.2) is 0 Å². The second-order valence-corrected chi connectivity index (χ2v) is 4.84. The van der Waals surface area contributed by atoms with Gasteiger partial charge >= 0.3 is 0 Å². The number of amides is 1. The number of hydrogen-bond donors (Lipinski definition) is 1. The van der Waals surface area contributed by atoms with E-state index in [1.165, 1.54) is 0 Å². The number of hydrogen-bond acceptors (Lipinski definition) is 5. The van der Waals surface area contributed by atoms with Gasteiger partial charge in [0.25, 0.3) is 11.4 Å². The molecule has 118 valence electrons. The van der Waals surface area contributed by atoms with Crippen LogP contribution >= 0.6 is 0 Å². The first kappa shape index (κ1) is 16.1. The number of non-ortho nitro benzene ring substituents is 1. The molecule has 1 amide bonds. The fourth-order valence-electron chi connectivity index (χ4n) is 2.02. The molecule has 0 aliphatic carbocycles. The molecular weight excluding hydrogens is 302 g/mol. The molecule has 23 heavy (non-hydrogen) atoms. The van der Waals surface area contributed by atoms with E-state index in [2.05, 4.69) is 5.32 Å². The van der Waals surface area contributed by atoms with Gasteiger partial charge < -0.3 is 5.32 Å².